The first-order valence-corrected chi connectivity index (χ1v) is 9.94. The number of unbranched alkanes of at least 4 members (excludes halogenated alkanes) is 8. The lowest BCUT2D eigenvalue weighted by atomic mass is 10.1. The molecule has 0 fully saturated rings. The maximum Gasteiger partial charge on any atom is 0.303 e. The molecule has 150 valence electrons. The first kappa shape index (κ1) is 26.3. The highest BCUT2D eigenvalue weighted by Gasteiger charge is 2.00. The lowest BCUT2D eigenvalue weighted by molar-refractivity contribution is -0.137. The van der Waals surface area contributed by atoms with Crippen LogP contribution in [-0.4, -0.2) is 40.5 Å². The molecule has 25 heavy (non-hydrogen) atoms. The molecule has 5 heteroatoms. The standard InChI is InChI=1S/C18H34O3.C2H7NO/c1-2-3-4-11-14-17(19)15-12-9-7-5-6-8-10-13-16-18(20)21;3-1-2-4/h9,12,17,19H,2-8,10-11,13-16H2,1H3,(H,20,21);4H,1-3H2/b12-9-;/t17-;/m1./s1. The normalized spacial score (nSPS) is 12.0. The second-order valence-electron chi connectivity index (χ2n) is 6.42. The van der Waals surface area contributed by atoms with Gasteiger partial charge in [-0.15, -0.1) is 0 Å². The molecule has 0 saturated carbocycles. The Balaban J connectivity index is 0. The van der Waals surface area contributed by atoms with E-state index in [1.54, 1.807) is 0 Å². The zero-order valence-corrected chi connectivity index (χ0v) is 16.2. The lowest BCUT2D eigenvalue weighted by Gasteiger charge is -2.07. The number of aliphatic hydroxyl groups is 2. The summed E-state index contributed by atoms with van der Waals surface area (Å²) in [5.74, 6) is -0.689. The molecule has 0 aliphatic carbocycles. The Morgan fingerprint density at radius 1 is 1.00 bits per heavy atom. The lowest BCUT2D eigenvalue weighted by Crippen LogP contribution is -2.04. The first-order valence-electron chi connectivity index (χ1n) is 9.94. The van der Waals surface area contributed by atoms with Crippen molar-refractivity contribution in [3.63, 3.8) is 0 Å². The van der Waals surface area contributed by atoms with Crippen LogP contribution in [0.2, 0.25) is 0 Å². The van der Waals surface area contributed by atoms with E-state index in [0.717, 1.165) is 51.4 Å². The molecule has 0 rings (SSSR count). The second kappa shape index (κ2) is 23.1. The van der Waals surface area contributed by atoms with Gasteiger partial charge in [0.2, 0.25) is 0 Å². The summed E-state index contributed by atoms with van der Waals surface area (Å²) in [6.07, 6.45) is 17.4. The summed E-state index contributed by atoms with van der Waals surface area (Å²) in [4.78, 5) is 10.3. The number of carbonyl (C=O) groups is 1. The topological polar surface area (TPSA) is 104 Å². The van der Waals surface area contributed by atoms with Gasteiger partial charge in [-0.25, -0.2) is 0 Å². The van der Waals surface area contributed by atoms with Gasteiger partial charge in [-0.2, -0.15) is 0 Å². The zero-order valence-electron chi connectivity index (χ0n) is 16.2. The number of hydrogen-bond donors (Lipinski definition) is 4. The van der Waals surface area contributed by atoms with Gasteiger partial charge in [-0.3, -0.25) is 4.79 Å². The van der Waals surface area contributed by atoms with Gasteiger partial charge in [0.25, 0.3) is 0 Å². The largest absolute Gasteiger partial charge is 0.481 e. The summed E-state index contributed by atoms with van der Waals surface area (Å²) < 4.78 is 0. The molecule has 0 aromatic heterocycles. The van der Waals surface area contributed by atoms with E-state index in [1.807, 2.05) is 0 Å². The SMILES string of the molecule is CCCCCC[C@@H](O)C/C=C\CCCCCCCC(=O)O.NCCO. The molecule has 0 bridgehead atoms. The van der Waals surface area contributed by atoms with E-state index >= 15 is 0 Å². The molecular formula is C20H41NO4. The predicted molar refractivity (Wildman–Crippen MR) is 105 cm³/mol. The van der Waals surface area contributed by atoms with E-state index < -0.39 is 5.97 Å². The van der Waals surface area contributed by atoms with Crippen LogP contribution in [0.5, 0.6) is 0 Å². The molecule has 0 amide bonds. The van der Waals surface area contributed by atoms with Crippen molar-refractivity contribution in [2.75, 3.05) is 13.2 Å². The Kier molecular flexibility index (Phi) is 24.3. The highest BCUT2D eigenvalue weighted by Crippen LogP contribution is 2.10. The Hall–Kier alpha value is -0.910. The van der Waals surface area contributed by atoms with Crippen LogP contribution >= 0.6 is 0 Å². The molecule has 0 unspecified atom stereocenters. The summed E-state index contributed by atoms with van der Waals surface area (Å²) in [6, 6.07) is 0. The Morgan fingerprint density at radius 2 is 1.60 bits per heavy atom. The minimum atomic E-state index is -0.689. The Morgan fingerprint density at radius 3 is 2.20 bits per heavy atom. The average molecular weight is 360 g/mol. The fourth-order valence-electron chi connectivity index (χ4n) is 2.36. The molecule has 0 spiro atoms. The van der Waals surface area contributed by atoms with Crippen molar-refractivity contribution in [1.82, 2.24) is 0 Å². The molecule has 0 radical (unpaired) electrons. The molecule has 5 N–H and O–H groups in total. The van der Waals surface area contributed by atoms with Crippen LogP contribution in [0.4, 0.5) is 0 Å². The van der Waals surface area contributed by atoms with Crippen LogP contribution < -0.4 is 5.73 Å². The molecule has 0 saturated heterocycles. The molecule has 0 aliphatic rings. The van der Waals surface area contributed by atoms with Gasteiger partial charge < -0.3 is 21.1 Å². The van der Waals surface area contributed by atoms with Gasteiger partial charge in [0, 0.05) is 13.0 Å². The average Bonchev–Trinajstić information content (AvgIpc) is 2.60. The molecule has 0 aliphatic heterocycles. The fourth-order valence-corrected chi connectivity index (χ4v) is 2.36. The van der Waals surface area contributed by atoms with Crippen molar-refractivity contribution in [3.8, 4) is 0 Å². The predicted octanol–water partition coefficient (Wildman–Crippen LogP) is 4.02. The quantitative estimate of drug-likeness (QED) is 0.246. The third kappa shape index (κ3) is 28.2. The number of hydrogen-bond acceptors (Lipinski definition) is 4. The van der Waals surface area contributed by atoms with Crippen molar-refractivity contribution in [1.29, 1.82) is 0 Å². The number of allylic oxidation sites excluding steroid dienone is 1. The minimum absolute atomic E-state index is 0.0972. The van der Waals surface area contributed by atoms with Crippen molar-refractivity contribution >= 4 is 5.97 Å². The van der Waals surface area contributed by atoms with Crippen LogP contribution in [0.1, 0.15) is 90.4 Å². The monoisotopic (exact) mass is 359 g/mol. The van der Waals surface area contributed by atoms with Crippen molar-refractivity contribution < 1.29 is 20.1 Å². The van der Waals surface area contributed by atoms with Crippen molar-refractivity contribution in [2.24, 2.45) is 5.73 Å². The van der Waals surface area contributed by atoms with Gasteiger partial charge in [-0.1, -0.05) is 64.0 Å². The van der Waals surface area contributed by atoms with E-state index in [-0.39, 0.29) is 12.7 Å². The zero-order chi connectivity index (χ0) is 19.2. The number of carboxylic acids is 1. The van der Waals surface area contributed by atoms with Gasteiger partial charge in [0.1, 0.15) is 0 Å². The first-order chi connectivity index (χ1) is 12.1. The van der Waals surface area contributed by atoms with E-state index in [0.29, 0.717) is 13.0 Å². The molecule has 0 aromatic rings. The highest BCUT2D eigenvalue weighted by atomic mass is 16.4. The third-order valence-corrected chi connectivity index (χ3v) is 3.86. The van der Waals surface area contributed by atoms with Crippen molar-refractivity contribution in [3.05, 3.63) is 12.2 Å². The minimum Gasteiger partial charge on any atom is -0.481 e. The number of rotatable bonds is 16. The van der Waals surface area contributed by atoms with Crippen LogP contribution in [0.3, 0.4) is 0 Å². The second-order valence-corrected chi connectivity index (χ2v) is 6.42. The highest BCUT2D eigenvalue weighted by molar-refractivity contribution is 5.66. The third-order valence-electron chi connectivity index (χ3n) is 3.86. The van der Waals surface area contributed by atoms with Crippen LogP contribution in [0.15, 0.2) is 12.2 Å². The summed E-state index contributed by atoms with van der Waals surface area (Å²) >= 11 is 0. The summed E-state index contributed by atoms with van der Waals surface area (Å²) in [5.41, 5.74) is 4.78. The fraction of sp³-hybridized carbons (Fsp3) is 0.850. The smallest absolute Gasteiger partial charge is 0.303 e. The maximum atomic E-state index is 10.3. The van der Waals surface area contributed by atoms with Gasteiger partial charge >= 0.3 is 5.97 Å². The van der Waals surface area contributed by atoms with E-state index in [9.17, 15) is 9.90 Å². The van der Waals surface area contributed by atoms with Crippen LogP contribution in [-0.2, 0) is 4.79 Å². The Bertz CT molecular complexity index is 293. The van der Waals surface area contributed by atoms with Gasteiger partial charge in [0.15, 0.2) is 0 Å². The number of carboxylic acid groups (broad SMARTS) is 1. The Labute approximate surface area is 154 Å². The summed E-state index contributed by atoms with van der Waals surface area (Å²) in [5, 5.41) is 26.1. The van der Waals surface area contributed by atoms with Gasteiger partial charge in [0.05, 0.1) is 12.7 Å². The van der Waals surface area contributed by atoms with Gasteiger partial charge in [-0.05, 0) is 32.1 Å². The maximum absolute atomic E-state index is 10.3. The molecule has 5 nitrogen and oxygen atoms in total. The number of aliphatic hydroxyl groups excluding tert-OH is 2. The van der Waals surface area contributed by atoms with E-state index in [1.165, 1.54) is 25.7 Å². The number of nitrogens with two attached hydrogens (primary N) is 1. The molecule has 1 atom stereocenters. The molecule has 0 heterocycles. The van der Waals surface area contributed by atoms with Crippen LogP contribution in [0.25, 0.3) is 0 Å². The van der Waals surface area contributed by atoms with Crippen molar-refractivity contribution in [2.45, 2.75) is 96.5 Å². The molecule has 0 aromatic carbocycles. The van der Waals surface area contributed by atoms with E-state index in [4.69, 9.17) is 15.9 Å². The summed E-state index contributed by atoms with van der Waals surface area (Å²) in [7, 11) is 0. The number of aliphatic carboxylic acids is 1. The van der Waals surface area contributed by atoms with E-state index in [2.05, 4.69) is 19.1 Å². The van der Waals surface area contributed by atoms with Crippen LogP contribution in [0, 0.1) is 0 Å². The summed E-state index contributed by atoms with van der Waals surface area (Å²) in [6.45, 7) is 2.67. The molecular weight excluding hydrogens is 318 g/mol.